The minimum atomic E-state index is -3.73. The lowest BCUT2D eigenvalue weighted by Gasteiger charge is -2.07. The van der Waals surface area contributed by atoms with Gasteiger partial charge < -0.3 is 10.1 Å². The van der Waals surface area contributed by atoms with Crippen LogP contribution in [0.1, 0.15) is 5.56 Å². The lowest BCUT2D eigenvalue weighted by molar-refractivity contribution is 0.396. The molecule has 1 aromatic carbocycles. The van der Waals surface area contributed by atoms with Crippen LogP contribution in [-0.2, 0) is 10.0 Å². The number of nitrogens with two attached hydrogens (primary N) is 1. The first-order valence-corrected chi connectivity index (χ1v) is 7.19. The van der Waals surface area contributed by atoms with Crippen LogP contribution in [0.15, 0.2) is 35.4 Å². The summed E-state index contributed by atoms with van der Waals surface area (Å²) in [6, 6.07) is 7.67. The molecule has 0 radical (unpaired) electrons. The number of rotatable bonds is 4. The molecule has 0 aliphatic heterocycles. The molecule has 0 saturated heterocycles. The van der Waals surface area contributed by atoms with E-state index in [1.54, 1.807) is 0 Å². The van der Waals surface area contributed by atoms with Crippen LogP contribution in [-0.4, -0.2) is 25.5 Å². The maximum absolute atomic E-state index is 11.1. The van der Waals surface area contributed by atoms with Gasteiger partial charge in [-0.2, -0.15) is 10.2 Å². The third-order valence-electron chi connectivity index (χ3n) is 2.51. The molecule has 0 unspecified atom stereocenters. The minimum absolute atomic E-state index is 0.00590. The fourth-order valence-corrected chi connectivity index (χ4v) is 2.03. The van der Waals surface area contributed by atoms with Gasteiger partial charge in [0.05, 0.1) is 18.2 Å². The molecule has 2 aromatic rings. The zero-order valence-electron chi connectivity index (χ0n) is 10.9. The van der Waals surface area contributed by atoms with Gasteiger partial charge in [0.15, 0.2) is 0 Å². The first-order chi connectivity index (χ1) is 9.94. The summed E-state index contributed by atoms with van der Waals surface area (Å²) < 4.78 is 27.3. The Hall–Kier alpha value is -2.70. The molecule has 3 N–H and O–H groups in total. The summed E-state index contributed by atoms with van der Waals surface area (Å²) in [5.74, 6) is 0.366. The van der Waals surface area contributed by atoms with Gasteiger partial charge in [-0.3, -0.25) is 0 Å². The number of benzene rings is 1. The Balaban J connectivity index is 2.25. The molecule has 0 spiro atoms. The quantitative estimate of drug-likeness (QED) is 0.851. The van der Waals surface area contributed by atoms with Crippen molar-refractivity contribution in [2.24, 2.45) is 5.14 Å². The molecule has 0 fully saturated rings. The number of primary sulfonamides is 1. The predicted octanol–water partition coefficient (Wildman–Crippen LogP) is 0.748. The second-order valence-corrected chi connectivity index (χ2v) is 5.48. The van der Waals surface area contributed by atoms with E-state index >= 15 is 0 Å². The summed E-state index contributed by atoms with van der Waals surface area (Å²) in [7, 11) is -2.33. The molecule has 2 rings (SSSR count). The summed E-state index contributed by atoms with van der Waals surface area (Å²) in [5.41, 5.74) is 0.779. The fraction of sp³-hybridized carbons (Fsp3) is 0.0833. The number of hydrogen-bond acceptors (Lipinski definition) is 7. The zero-order valence-corrected chi connectivity index (χ0v) is 11.8. The zero-order chi connectivity index (χ0) is 15.5. The third-order valence-corrected chi connectivity index (χ3v) is 3.44. The molecule has 0 atom stereocenters. The third kappa shape index (κ3) is 3.44. The molecule has 0 aliphatic carbocycles. The lowest BCUT2D eigenvalue weighted by atomic mass is 10.3. The Labute approximate surface area is 121 Å². The van der Waals surface area contributed by atoms with Crippen molar-refractivity contribution in [2.75, 3.05) is 12.4 Å². The van der Waals surface area contributed by atoms with E-state index in [1.807, 2.05) is 6.07 Å². The van der Waals surface area contributed by atoms with E-state index in [2.05, 4.69) is 15.3 Å². The van der Waals surface area contributed by atoms with Crippen LogP contribution < -0.4 is 15.2 Å². The van der Waals surface area contributed by atoms with Crippen molar-refractivity contribution >= 4 is 21.7 Å². The van der Waals surface area contributed by atoms with E-state index in [0.717, 1.165) is 0 Å². The Morgan fingerprint density at radius 3 is 2.52 bits per heavy atom. The molecule has 0 saturated carbocycles. The first-order valence-electron chi connectivity index (χ1n) is 5.65. The van der Waals surface area contributed by atoms with Gasteiger partial charge in [0, 0.05) is 5.69 Å². The van der Waals surface area contributed by atoms with Crippen LogP contribution in [0.3, 0.4) is 0 Å². The molecule has 1 aromatic heterocycles. The molecule has 0 aliphatic rings. The Morgan fingerprint density at radius 2 is 2.00 bits per heavy atom. The Kier molecular flexibility index (Phi) is 4.02. The largest absolute Gasteiger partial charge is 0.480 e. The second kappa shape index (κ2) is 5.74. The molecule has 108 valence electrons. The Bertz CT molecular complexity index is 797. The normalized spacial score (nSPS) is 10.7. The summed E-state index contributed by atoms with van der Waals surface area (Å²) >= 11 is 0. The average molecular weight is 305 g/mol. The maximum Gasteiger partial charge on any atom is 0.238 e. The first kappa shape index (κ1) is 14.7. The smallest absolute Gasteiger partial charge is 0.238 e. The summed E-state index contributed by atoms with van der Waals surface area (Å²) in [4.78, 5) is 7.98. The number of ether oxygens (including phenoxy) is 1. The molecular formula is C12H11N5O3S. The topological polar surface area (TPSA) is 131 Å². The van der Waals surface area contributed by atoms with Crippen molar-refractivity contribution in [3.8, 4) is 11.9 Å². The number of nitrogens with one attached hydrogen (secondary N) is 1. The predicted molar refractivity (Wildman–Crippen MR) is 74.4 cm³/mol. The van der Waals surface area contributed by atoms with Crippen LogP contribution in [0.2, 0.25) is 0 Å². The van der Waals surface area contributed by atoms with Crippen LogP contribution in [0, 0.1) is 11.3 Å². The van der Waals surface area contributed by atoms with Crippen LogP contribution in [0.4, 0.5) is 11.6 Å². The molecule has 9 heteroatoms. The van der Waals surface area contributed by atoms with Gasteiger partial charge in [0.1, 0.15) is 11.6 Å². The minimum Gasteiger partial charge on any atom is -0.480 e. The number of anilines is 2. The molecular weight excluding hydrogens is 294 g/mol. The van der Waals surface area contributed by atoms with Gasteiger partial charge in [-0.05, 0) is 24.3 Å². The van der Waals surface area contributed by atoms with Crippen LogP contribution in [0.25, 0.3) is 0 Å². The van der Waals surface area contributed by atoms with Gasteiger partial charge in [-0.25, -0.2) is 18.5 Å². The molecule has 8 nitrogen and oxygen atoms in total. The number of nitrogens with zero attached hydrogens (tertiary/aromatic N) is 3. The SMILES string of the molecule is COc1nc(Nc2ccc(S(N)(=O)=O)cc2)ncc1C#N. The number of sulfonamides is 1. The number of aromatic nitrogens is 2. The van der Waals surface area contributed by atoms with Crippen molar-refractivity contribution in [1.29, 1.82) is 5.26 Å². The van der Waals surface area contributed by atoms with Crippen molar-refractivity contribution in [1.82, 2.24) is 9.97 Å². The van der Waals surface area contributed by atoms with Gasteiger partial charge in [0.2, 0.25) is 21.9 Å². The summed E-state index contributed by atoms with van der Waals surface area (Å²) in [6.07, 6.45) is 1.33. The van der Waals surface area contributed by atoms with Crippen molar-refractivity contribution in [3.63, 3.8) is 0 Å². The van der Waals surface area contributed by atoms with Crippen molar-refractivity contribution in [3.05, 3.63) is 36.0 Å². The Morgan fingerprint density at radius 1 is 1.33 bits per heavy atom. The van der Waals surface area contributed by atoms with E-state index in [9.17, 15) is 8.42 Å². The monoisotopic (exact) mass is 305 g/mol. The maximum atomic E-state index is 11.1. The molecule has 0 amide bonds. The molecule has 21 heavy (non-hydrogen) atoms. The number of hydrogen-bond donors (Lipinski definition) is 2. The van der Waals surface area contributed by atoms with E-state index in [0.29, 0.717) is 5.69 Å². The van der Waals surface area contributed by atoms with Gasteiger partial charge in [0.25, 0.3) is 0 Å². The average Bonchev–Trinajstić information content (AvgIpc) is 2.46. The van der Waals surface area contributed by atoms with E-state index < -0.39 is 10.0 Å². The van der Waals surface area contributed by atoms with Crippen LogP contribution >= 0.6 is 0 Å². The van der Waals surface area contributed by atoms with Crippen molar-refractivity contribution < 1.29 is 13.2 Å². The van der Waals surface area contributed by atoms with Gasteiger partial charge in [-0.15, -0.1) is 0 Å². The lowest BCUT2D eigenvalue weighted by Crippen LogP contribution is -2.11. The van der Waals surface area contributed by atoms with Crippen molar-refractivity contribution in [2.45, 2.75) is 4.90 Å². The summed E-state index contributed by atoms with van der Waals surface area (Å²) in [6.45, 7) is 0. The molecule has 1 heterocycles. The van der Waals surface area contributed by atoms with E-state index in [4.69, 9.17) is 15.1 Å². The fourth-order valence-electron chi connectivity index (χ4n) is 1.52. The van der Waals surface area contributed by atoms with E-state index in [-0.39, 0.29) is 22.3 Å². The highest BCUT2D eigenvalue weighted by atomic mass is 32.2. The second-order valence-electron chi connectivity index (χ2n) is 3.92. The summed E-state index contributed by atoms with van der Waals surface area (Å²) in [5, 5.41) is 16.7. The van der Waals surface area contributed by atoms with Crippen LogP contribution in [0.5, 0.6) is 5.88 Å². The van der Waals surface area contributed by atoms with Gasteiger partial charge in [-0.1, -0.05) is 0 Å². The van der Waals surface area contributed by atoms with E-state index in [1.165, 1.54) is 37.6 Å². The standard InChI is InChI=1S/C12H11N5O3S/c1-20-11-8(6-13)7-15-12(17-11)16-9-2-4-10(5-3-9)21(14,18)19/h2-5,7H,1H3,(H2,14,18,19)(H,15,16,17). The molecule has 0 bridgehead atoms. The number of nitriles is 1. The number of methoxy groups -OCH3 is 1. The highest BCUT2D eigenvalue weighted by Gasteiger charge is 2.09. The van der Waals surface area contributed by atoms with Gasteiger partial charge >= 0.3 is 0 Å². The highest BCUT2D eigenvalue weighted by molar-refractivity contribution is 7.89. The highest BCUT2D eigenvalue weighted by Crippen LogP contribution is 2.19.